The van der Waals surface area contributed by atoms with Gasteiger partial charge in [-0.1, -0.05) is 0 Å². The number of aliphatic hydroxyl groups is 2. The molecule has 2 aliphatic heterocycles. The van der Waals surface area contributed by atoms with Crippen LogP contribution < -0.4 is 15.5 Å². The van der Waals surface area contributed by atoms with E-state index in [9.17, 15) is 20.3 Å². The van der Waals surface area contributed by atoms with Gasteiger partial charge in [0, 0.05) is 92.7 Å². The number of nitrogens with two attached hydrogens (primary N) is 1. The number of hydrogen-bond acceptors (Lipinski definition) is 9. The van der Waals surface area contributed by atoms with E-state index in [-0.39, 0.29) is 5.69 Å². The lowest BCUT2D eigenvalue weighted by Crippen LogP contribution is -2.45. The van der Waals surface area contributed by atoms with Crippen molar-refractivity contribution in [1.29, 1.82) is 0 Å². The number of rotatable bonds is 6. The number of nitrogens with zero attached hydrogens (tertiary/aromatic N) is 5. The fourth-order valence-electron chi connectivity index (χ4n) is 4.71. The van der Waals surface area contributed by atoms with Crippen molar-refractivity contribution < 1.29 is 15.1 Å². The largest absolute Gasteiger partial charge is 0.399 e. The number of nitro groups is 1. The van der Waals surface area contributed by atoms with Crippen LogP contribution in [0.5, 0.6) is 0 Å². The summed E-state index contributed by atoms with van der Waals surface area (Å²) in [5.41, 5.74) is 8.81. The molecule has 0 aliphatic carbocycles. The van der Waals surface area contributed by atoms with E-state index in [1.807, 2.05) is 13.1 Å². The van der Waals surface area contributed by atoms with Gasteiger partial charge in [0.05, 0.1) is 4.92 Å². The Morgan fingerprint density at radius 3 is 1.71 bits per heavy atom. The topological polar surface area (TPSA) is 123 Å². The van der Waals surface area contributed by atoms with Crippen molar-refractivity contribution in [2.45, 2.75) is 12.2 Å². The van der Waals surface area contributed by atoms with Gasteiger partial charge < -0.3 is 35.5 Å². The van der Waals surface area contributed by atoms with Gasteiger partial charge in [-0.15, -0.1) is 0 Å². The smallest absolute Gasteiger partial charge is 0.269 e. The lowest BCUT2D eigenvalue weighted by molar-refractivity contribution is -0.385. The maximum absolute atomic E-state index is 11.5. The Labute approximate surface area is 199 Å². The summed E-state index contributed by atoms with van der Waals surface area (Å²) in [5.74, 6) is 0. The van der Waals surface area contributed by atoms with Crippen molar-refractivity contribution in [2.75, 3.05) is 82.0 Å². The predicted octanol–water partition coefficient (Wildman–Crippen LogP) is 1.45. The van der Waals surface area contributed by atoms with Crippen LogP contribution in [0.25, 0.3) is 0 Å². The van der Waals surface area contributed by atoms with Crippen molar-refractivity contribution in [3.63, 3.8) is 0 Å². The molecular weight excluding hydrogens is 436 g/mol. The van der Waals surface area contributed by atoms with E-state index in [1.165, 1.54) is 12.1 Å². The Morgan fingerprint density at radius 1 is 0.794 bits per heavy atom. The summed E-state index contributed by atoms with van der Waals surface area (Å²) in [7, 11) is 4.12. The first-order valence-electron chi connectivity index (χ1n) is 11.7. The zero-order valence-corrected chi connectivity index (χ0v) is 19.8. The summed E-state index contributed by atoms with van der Waals surface area (Å²) in [6.45, 7) is 6.51. The first-order chi connectivity index (χ1) is 16.2. The molecule has 184 valence electrons. The zero-order chi connectivity index (χ0) is 24.4. The second-order valence-corrected chi connectivity index (χ2v) is 9.29. The SMILES string of the molecule is CN1CCN(c2ccc(N)cc2C(O)C(O)c2cc([N+](=O)[O-])ccc2N2CCN(C)CC2)CC1. The summed E-state index contributed by atoms with van der Waals surface area (Å²) in [6.07, 6.45) is -2.66. The highest BCUT2D eigenvalue weighted by atomic mass is 16.6. The number of anilines is 3. The summed E-state index contributed by atoms with van der Waals surface area (Å²) in [4.78, 5) is 19.7. The monoisotopic (exact) mass is 470 g/mol. The fourth-order valence-corrected chi connectivity index (χ4v) is 4.71. The van der Waals surface area contributed by atoms with Crippen LogP contribution in [-0.4, -0.2) is 91.4 Å². The van der Waals surface area contributed by atoms with Crippen molar-refractivity contribution in [3.8, 4) is 0 Å². The summed E-state index contributed by atoms with van der Waals surface area (Å²) in [6, 6.07) is 9.86. The molecule has 10 nitrogen and oxygen atoms in total. The molecule has 2 aliphatic rings. The first kappa shape index (κ1) is 24.2. The van der Waals surface area contributed by atoms with Gasteiger partial charge in [-0.25, -0.2) is 0 Å². The van der Waals surface area contributed by atoms with Gasteiger partial charge in [0.25, 0.3) is 5.69 Å². The van der Waals surface area contributed by atoms with Crippen LogP contribution >= 0.6 is 0 Å². The van der Waals surface area contributed by atoms with E-state index >= 15 is 0 Å². The molecule has 34 heavy (non-hydrogen) atoms. The minimum Gasteiger partial charge on any atom is -0.399 e. The number of nitrogen functional groups attached to an aromatic ring is 1. The number of benzene rings is 2. The minimum absolute atomic E-state index is 0.119. The van der Waals surface area contributed by atoms with Gasteiger partial charge in [0.2, 0.25) is 0 Å². The maximum atomic E-state index is 11.5. The molecule has 2 saturated heterocycles. The van der Waals surface area contributed by atoms with Crippen molar-refractivity contribution in [2.24, 2.45) is 0 Å². The Morgan fingerprint density at radius 2 is 1.24 bits per heavy atom. The number of likely N-dealkylation sites (N-methyl/N-ethyl adjacent to an activating group) is 2. The van der Waals surface area contributed by atoms with Crippen LogP contribution in [0.1, 0.15) is 23.3 Å². The molecule has 0 bridgehead atoms. The number of nitro benzene ring substituents is 1. The normalized spacial score (nSPS) is 19.8. The van der Waals surface area contributed by atoms with E-state index in [4.69, 9.17) is 5.73 Å². The molecule has 2 atom stereocenters. The molecule has 4 rings (SSSR count). The Hall–Kier alpha value is -2.92. The number of aliphatic hydroxyl groups excluding tert-OH is 2. The van der Waals surface area contributed by atoms with Gasteiger partial charge in [0.1, 0.15) is 12.2 Å². The number of piperazine rings is 2. The standard InChI is InChI=1S/C24H34N6O4/c1-26-7-11-28(12-8-26)21-5-3-17(25)15-19(21)23(31)24(32)20-16-18(30(33)34)4-6-22(20)29-13-9-27(2)10-14-29/h3-6,15-16,23-24,31-32H,7-14,25H2,1-2H3. The number of non-ortho nitro benzene ring substituents is 1. The Bertz CT molecular complexity index is 1020. The van der Waals surface area contributed by atoms with Crippen LogP contribution in [-0.2, 0) is 0 Å². The second kappa shape index (κ2) is 10.1. The molecule has 10 heteroatoms. The fraction of sp³-hybridized carbons (Fsp3) is 0.500. The third-order valence-corrected chi connectivity index (χ3v) is 6.90. The van der Waals surface area contributed by atoms with E-state index in [1.54, 1.807) is 18.2 Å². The van der Waals surface area contributed by atoms with Gasteiger partial charge in [0.15, 0.2) is 0 Å². The van der Waals surface area contributed by atoms with Gasteiger partial charge in [-0.3, -0.25) is 10.1 Å². The lowest BCUT2D eigenvalue weighted by atomic mass is 9.94. The van der Waals surface area contributed by atoms with Crippen LogP contribution in [0.2, 0.25) is 0 Å². The molecule has 2 unspecified atom stereocenters. The minimum atomic E-state index is -1.36. The summed E-state index contributed by atoms with van der Waals surface area (Å²) < 4.78 is 0. The summed E-state index contributed by atoms with van der Waals surface area (Å²) >= 11 is 0. The molecule has 2 aromatic carbocycles. The zero-order valence-electron chi connectivity index (χ0n) is 19.8. The van der Waals surface area contributed by atoms with Crippen LogP contribution in [0.3, 0.4) is 0 Å². The third kappa shape index (κ3) is 5.10. The highest BCUT2D eigenvalue weighted by Gasteiger charge is 2.30. The highest BCUT2D eigenvalue weighted by Crippen LogP contribution is 2.40. The molecule has 0 aromatic heterocycles. The molecular formula is C24H34N6O4. The van der Waals surface area contributed by atoms with Crippen molar-refractivity contribution in [3.05, 3.63) is 57.6 Å². The second-order valence-electron chi connectivity index (χ2n) is 9.29. The quantitative estimate of drug-likeness (QED) is 0.327. The van der Waals surface area contributed by atoms with E-state index in [0.717, 1.165) is 58.0 Å². The molecule has 0 saturated carbocycles. The third-order valence-electron chi connectivity index (χ3n) is 6.90. The van der Waals surface area contributed by atoms with Crippen LogP contribution in [0.4, 0.5) is 22.7 Å². The number of hydrogen-bond donors (Lipinski definition) is 3. The molecule has 2 fully saturated rings. The molecule has 0 radical (unpaired) electrons. The van der Waals surface area contributed by atoms with E-state index in [0.29, 0.717) is 22.5 Å². The van der Waals surface area contributed by atoms with Crippen molar-refractivity contribution >= 4 is 22.7 Å². The highest BCUT2D eigenvalue weighted by molar-refractivity contribution is 5.63. The van der Waals surface area contributed by atoms with Crippen molar-refractivity contribution in [1.82, 2.24) is 9.80 Å². The van der Waals surface area contributed by atoms with Gasteiger partial charge in [-0.2, -0.15) is 0 Å². The average Bonchev–Trinajstić information content (AvgIpc) is 2.84. The van der Waals surface area contributed by atoms with Gasteiger partial charge >= 0.3 is 0 Å². The average molecular weight is 471 g/mol. The Balaban J connectivity index is 1.70. The lowest BCUT2D eigenvalue weighted by Gasteiger charge is -2.37. The van der Waals surface area contributed by atoms with Crippen LogP contribution in [0, 0.1) is 10.1 Å². The van der Waals surface area contributed by atoms with E-state index in [2.05, 4.69) is 26.6 Å². The molecule has 2 aromatic rings. The first-order valence-corrected chi connectivity index (χ1v) is 11.7. The van der Waals surface area contributed by atoms with Gasteiger partial charge in [-0.05, 0) is 38.4 Å². The summed E-state index contributed by atoms with van der Waals surface area (Å²) in [5, 5.41) is 34.3. The molecule has 4 N–H and O–H groups in total. The van der Waals surface area contributed by atoms with E-state index < -0.39 is 17.1 Å². The molecule has 0 spiro atoms. The maximum Gasteiger partial charge on any atom is 0.269 e. The van der Waals surface area contributed by atoms with Crippen LogP contribution in [0.15, 0.2) is 36.4 Å². The Kier molecular flexibility index (Phi) is 7.22. The molecule has 0 amide bonds. The predicted molar refractivity (Wildman–Crippen MR) is 133 cm³/mol. The molecule has 2 heterocycles.